The Balaban J connectivity index is 2.07. The predicted octanol–water partition coefficient (Wildman–Crippen LogP) is 1.55. The number of unbranched alkanes of at least 4 members (excludes halogenated alkanes) is 1. The summed E-state index contributed by atoms with van der Waals surface area (Å²) < 4.78 is 10.9. The number of hydrogen-bond acceptors (Lipinski definition) is 3. The molecule has 16 heavy (non-hydrogen) atoms. The van der Waals surface area contributed by atoms with Crippen LogP contribution in [0.3, 0.4) is 0 Å². The average molecular weight is 217 g/mol. The van der Waals surface area contributed by atoms with Gasteiger partial charge in [-0.05, 0) is 31.2 Å². The predicted molar refractivity (Wildman–Crippen MR) is 62.6 cm³/mol. The van der Waals surface area contributed by atoms with Crippen molar-refractivity contribution in [2.24, 2.45) is 5.73 Å². The molecule has 0 fully saturated rings. The first-order chi connectivity index (χ1) is 7.90. The third-order valence-electron chi connectivity index (χ3n) is 2.28. The zero-order valence-electron chi connectivity index (χ0n) is 9.16. The normalized spacial score (nSPS) is 12.8. The first-order valence-electron chi connectivity index (χ1n) is 5.49. The second-order valence-corrected chi connectivity index (χ2v) is 3.55. The summed E-state index contributed by atoms with van der Waals surface area (Å²) in [5.41, 5.74) is 6.35. The lowest BCUT2D eigenvalue weighted by Crippen LogP contribution is -2.15. The molecular weight excluding hydrogens is 202 g/mol. The van der Waals surface area contributed by atoms with Crippen LogP contribution in [-0.2, 0) is 0 Å². The summed E-state index contributed by atoms with van der Waals surface area (Å²) in [5, 5.41) is 0. The van der Waals surface area contributed by atoms with Gasteiger partial charge in [0.1, 0.15) is 13.2 Å². The van der Waals surface area contributed by atoms with Crippen LogP contribution in [0.15, 0.2) is 18.2 Å². The summed E-state index contributed by atoms with van der Waals surface area (Å²) in [7, 11) is 0. The Hall–Kier alpha value is -1.66. The maximum Gasteiger partial charge on any atom is 0.162 e. The van der Waals surface area contributed by atoms with Gasteiger partial charge in [0, 0.05) is 12.0 Å². The van der Waals surface area contributed by atoms with Crippen molar-refractivity contribution in [1.29, 1.82) is 0 Å². The SMILES string of the molecule is NCCCC#Cc1ccc2c(c1)OCCO2. The van der Waals surface area contributed by atoms with Crippen molar-refractivity contribution >= 4 is 0 Å². The van der Waals surface area contributed by atoms with Crippen molar-refractivity contribution in [3.63, 3.8) is 0 Å². The molecule has 1 heterocycles. The third kappa shape index (κ3) is 2.68. The Morgan fingerprint density at radius 3 is 2.81 bits per heavy atom. The molecule has 3 heteroatoms. The quantitative estimate of drug-likeness (QED) is 0.604. The first-order valence-corrected chi connectivity index (χ1v) is 5.49. The summed E-state index contributed by atoms with van der Waals surface area (Å²) in [6.07, 6.45) is 1.78. The van der Waals surface area contributed by atoms with Crippen LogP contribution in [0.25, 0.3) is 0 Å². The minimum absolute atomic E-state index is 0.608. The Kier molecular flexibility index (Phi) is 3.68. The van der Waals surface area contributed by atoms with E-state index in [0.29, 0.717) is 19.8 Å². The number of hydrogen-bond donors (Lipinski definition) is 1. The Bertz CT molecular complexity index is 418. The summed E-state index contributed by atoms with van der Waals surface area (Å²) in [6.45, 7) is 1.92. The van der Waals surface area contributed by atoms with Crippen LogP contribution >= 0.6 is 0 Å². The highest BCUT2D eigenvalue weighted by Crippen LogP contribution is 2.30. The Morgan fingerprint density at radius 1 is 1.19 bits per heavy atom. The molecule has 0 aromatic heterocycles. The van der Waals surface area contributed by atoms with Crippen molar-refractivity contribution in [3.05, 3.63) is 23.8 Å². The van der Waals surface area contributed by atoms with Gasteiger partial charge in [-0.1, -0.05) is 11.8 Å². The fourth-order valence-corrected chi connectivity index (χ4v) is 1.48. The van der Waals surface area contributed by atoms with E-state index in [1.807, 2.05) is 18.2 Å². The second kappa shape index (κ2) is 5.43. The van der Waals surface area contributed by atoms with Gasteiger partial charge in [0.2, 0.25) is 0 Å². The topological polar surface area (TPSA) is 44.5 Å². The highest BCUT2D eigenvalue weighted by atomic mass is 16.6. The molecule has 2 rings (SSSR count). The summed E-state index contributed by atoms with van der Waals surface area (Å²) in [5.74, 6) is 7.76. The maximum absolute atomic E-state index is 5.48. The zero-order chi connectivity index (χ0) is 11.2. The van der Waals surface area contributed by atoms with Crippen LogP contribution in [0.1, 0.15) is 18.4 Å². The molecule has 0 bridgehead atoms. The fourth-order valence-electron chi connectivity index (χ4n) is 1.48. The zero-order valence-corrected chi connectivity index (χ0v) is 9.16. The van der Waals surface area contributed by atoms with Gasteiger partial charge in [0.05, 0.1) is 0 Å². The average Bonchev–Trinajstić information content (AvgIpc) is 2.34. The molecule has 0 spiro atoms. The summed E-state index contributed by atoms with van der Waals surface area (Å²) >= 11 is 0. The van der Waals surface area contributed by atoms with Crippen molar-refractivity contribution < 1.29 is 9.47 Å². The van der Waals surface area contributed by atoms with Crippen LogP contribution < -0.4 is 15.2 Å². The van der Waals surface area contributed by atoms with Gasteiger partial charge in [-0.15, -0.1) is 0 Å². The lowest BCUT2D eigenvalue weighted by molar-refractivity contribution is 0.171. The van der Waals surface area contributed by atoms with Crippen LogP contribution in [0.4, 0.5) is 0 Å². The van der Waals surface area contributed by atoms with Crippen molar-refractivity contribution in [2.75, 3.05) is 19.8 Å². The highest BCUT2D eigenvalue weighted by Gasteiger charge is 2.10. The highest BCUT2D eigenvalue weighted by molar-refractivity contribution is 5.48. The van der Waals surface area contributed by atoms with E-state index in [-0.39, 0.29) is 0 Å². The summed E-state index contributed by atoms with van der Waals surface area (Å²) in [4.78, 5) is 0. The molecule has 1 aliphatic rings. The van der Waals surface area contributed by atoms with Crippen LogP contribution in [0.2, 0.25) is 0 Å². The molecule has 0 saturated heterocycles. The largest absolute Gasteiger partial charge is 0.486 e. The Morgan fingerprint density at radius 2 is 2.00 bits per heavy atom. The molecular formula is C13H15NO2. The van der Waals surface area contributed by atoms with E-state index in [1.54, 1.807) is 0 Å². The molecule has 1 aliphatic heterocycles. The number of benzene rings is 1. The van der Waals surface area contributed by atoms with Gasteiger partial charge < -0.3 is 15.2 Å². The van der Waals surface area contributed by atoms with E-state index in [2.05, 4.69) is 11.8 Å². The van der Waals surface area contributed by atoms with Gasteiger partial charge in [-0.3, -0.25) is 0 Å². The summed E-state index contributed by atoms with van der Waals surface area (Å²) in [6, 6.07) is 5.77. The first kappa shape index (κ1) is 10.8. The molecule has 1 aromatic carbocycles. The second-order valence-electron chi connectivity index (χ2n) is 3.55. The molecule has 2 N–H and O–H groups in total. The number of rotatable bonds is 2. The van der Waals surface area contributed by atoms with Crippen LogP contribution in [-0.4, -0.2) is 19.8 Å². The van der Waals surface area contributed by atoms with E-state index < -0.39 is 0 Å². The van der Waals surface area contributed by atoms with Crippen molar-refractivity contribution in [2.45, 2.75) is 12.8 Å². The molecule has 1 aromatic rings. The molecule has 0 saturated carbocycles. The van der Waals surface area contributed by atoms with Gasteiger partial charge >= 0.3 is 0 Å². The molecule has 0 unspecified atom stereocenters. The lowest BCUT2D eigenvalue weighted by atomic mass is 10.2. The maximum atomic E-state index is 5.48. The van der Waals surface area contributed by atoms with Gasteiger partial charge in [0.15, 0.2) is 11.5 Å². The van der Waals surface area contributed by atoms with E-state index in [9.17, 15) is 0 Å². The fraction of sp³-hybridized carbons (Fsp3) is 0.385. The van der Waals surface area contributed by atoms with Gasteiger partial charge in [0.25, 0.3) is 0 Å². The van der Waals surface area contributed by atoms with E-state index in [1.165, 1.54) is 0 Å². The standard InChI is InChI=1S/C13H15NO2/c14-7-3-1-2-4-11-5-6-12-13(10-11)16-9-8-15-12/h5-6,10H,1,3,7-9,14H2. The third-order valence-corrected chi connectivity index (χ3v) is 2.28. The van der Waals surface area contributed by atoms with Gasteiger partial charge in [-0.25, -0.2) is 0 Å². The van der Waals surface area contributed by atoms with E-state index in [0.717, 1.165) is 29.9 Å². The van der Waals surface area contributed by atoms with Crippen molar-refractivity contribution in [1.82, 2.24) is 0 Å². The number of nitrogens with two attached hydrogens (primary N) is 1. The van der Waals surface area contributed by atoms with E-state index >= 15 is 0 Å². The molecule has 0 radical (unpaired) electrons. The van der Waals surface area contributed by atoms with Gasteiger partial charge in [-0.2, -0.15) is 0 Å². The van der Waals surface area contributed by atoms with E-state index in [4.69, 9.17) is 15.2 Å². The van der Waals surface area contributed by atoms with Crippen molar-refractivity contribution in [3.8, 4) is 23.3 Å². The minimum Gasteiger partial charge on any atom is -0.486 e. The smallest absolute Gasteiger partial charge is 0.162 e. The monoisotopic (exact) mass is 217 g/mol. The molecule has 0 amide bonds. The molecule has 84 valence electrons. The lowest BCUT2D eigenvalue weighted by Gasteiger charge is -2.17. The molecule has 0 aliphatic carbocycles. The van der Waals surface area contributed by atoms with Crippen LogP contribution in [0, 0.1) is 11.8 Å². The molecule has 3 nitrogen and oxygen atoms in total. The number of fused-ring (bicyclic) bond motifs is 1. The Labute approximate surface area is 95.5 Å². The van der Waals surface area contributed by atoms with Crippen LogP contribution in [0.5, 0.6) is 11.5 Å². The molecule has 0 atom stereocenters. The number of ether oxygens (including phenoxy) is 2. The minimum atomic E-state index is 0.608.